The molecule has 0 radical (unpaired) electrons. The third-order valence-electron chi connectivity index (χ3n) is 2.83. The second-order valence-electron chi connectivity index (χ2n) is 4.72. The molecule has 4 N–H and O–H groups in total. The lowest BCUT2D eigenvalue weighted by atomic mass is 10.1. The quantitative estimate of drug-likeness (QED) is 0.413. The number of carboxylic acid groups (broad SMARTS) is 1. The lowest BCUT2D eigenvalue weighted by Crippen LogP contribution is -2.30. The van der Waals surface area contributed by atoms with Gasteiger partial charge in [-0.15, -0.1) is 0 Å². The third kappa shape index (κ3) is 10.1. The van der Waals surface area contributed by atoms with Crippen molar-refractivity contribution in [2.75, 3.05) is 18.9 Å². The van der Waals surface area contributed by atoms with Gasteiger partial charge in [-0.25, -0.2) is 4.79 Å². The number of nitrogens with two attached hydrogens (primary N) is 1. The number of carbonyl (C=O) groups excluding carboxylic acids is 1. The molecule has 128 valence electrons. The normalized spacial score (nSPS) is 11.7. The van der Waals surface area contributed by atoms with Crippen LogP contribution in [-0.2, 0) is 9.53 Å². The third-order valence-corrected chi connectivity index (χ3v) is 5.17. The Morgan fingerprint density at radius 3 is 2.70 bits per heavy atom. The highest BCUT2D eigenvalue weighted by Crippen LogP contribution is 2.30. The second kappa shape index (κ2) is 12.1. The smallest absolute Gasteiger partial charge is 0.407 e. The molecule has 1 aromatic rings. The molecule has 0 aliphatic heterocycles. The van der Waals surface area contributed by atoms with Gasteiger partial charge in [0.05, 0.1) is 0 Å². The Bertz CT molecular complexity index is 474. The molecule has 23 heavy (non-hydrogen) atoms. The van der Waals surface area contributed by atoms with Gasteiger partial charge < -0.3 is 20.9 Å². The summed E-state index contributed by atoms with van der Waals surface area (Å²) in [5.41, 5.74) is 5.38. The number of aliphatic carboxylic acids is 1. The van der Waals surface area contributed by atoms with Crippen molar-refractivity contribution >= 4 is 33.7 Å². The number of amides is 1. The molecule has 1 rings (SSSR count). The number of ether oxygens (including phenoxy) is 1. The van der Waals surface area contributed by atoms with Crippen molar-refractivity contribution in [3.05, 3.63) is 30.3 Å². The van der Waals surface area contributed by atoms with E-state index in [1.807, 2.05) is 30.3 Å². The van der Waals surface area contributed by atoms with E-state index in [-0.39, 0.29) is 0 Å². The highest BCUT2D eigenvalue weighted by atomic mass is 33.1. The van der Waals surface area contributed by atoms with E-state index >= 15 is 0 Å². The SMILES string of the molecule is N[C@@H](CCCCNC(=O)OCCSSc1ccccc1)C(=O)O. The van der Waals surface area contributed by atoms with Crippen molar-refractivity contribution in [2.45, 2.75) is 30.2 Å². The number of unbranched alkanes of at least 4 members (excludes halogenated alkanes) is 1. The number of nitrogens with one attached hydrogen (secondary N) is 1. The van der Waals surface area contributed by atoms with Gasteiger partial charge in [-0.1, -0.05) is 39.8 Å². The molecule has 0 aliphatic carbocycles. The first-order valence-corrected chi connectivity index (χ1v) is 9.65. The zero-order valence-corrected chi connectivity index (χ0v) is 14.4. The second-order valence-corrected chi connectivity index (χ2v) is 7.21. The molecule has 1 aromatic carbocycles. The van der Waals surface area contributed by atoms with E-state index in [2.05, 4.69) is 5.32 Å². The molecule has 0 saturated carbocycles. The van der Waals surface area contributed by atoms with Crippen molar-refractivity contribution in [1.82, 2.24) is 5.32 Å². The number of benzene rings is 1. The van der Waals surface area contributed by atoms with Gasteiger partial charge >= 0.3 is 12.1 Å². The van der Waals surface area contributed by atoms with E-state index in [9.17, 15) is 9.59 Å². The molecule has 1 amide bonds. The zero-order valence-electron chi connectivity index (χ0n) is 12.8. The van der Waals surface area contributed by atoms with E-state index in [0.29, 0.717) is 38.2 Å². The van der Waals surface area contributed by atoms with Crippen LogP contribution < -0.4 is 11.1 Å². The van der Waals surface area contributed by atoms with Crippen LogP contribution in [0.25, 0.3) is 0 Å². The Morgan fingerprint density at radius 1 is 1.26 bits per heavy atom. The summed E-state index contributed by atoms with van der Waals surface area (Å²) >= 11 is 0. The number of rotatable bonds is 11. The first-order chi connectivity index (χ1) is 11.1. The van der Waals surface area contributed by atoms with Crippen LogP contribution in [0.1, 0.15) is 19.3 Å². The van der Waals surface area contributed by atoms with Gasteiger partial charge in [0.15, 0.2) is 0 Å². The molecular weight excluding hydrogens is 336 g/mol. The maximum atomic E-state index is 11.4. The minimum Gasteiger partial charge on any atom is -0.480 e. The number of carboxylic acids is 1. The summed E-state index contributed by atoms with van der Waals surface area (Å²) in [6, 6.07) is 9.16. The summed E-state index contributed by atoms with van der Waals surface area (Å²) in [7, 11) is 3.28. The fourth-order valence-corrected chi connectivity index (χ4v) is 3.44. The number of alkyl carbamates (subject to hydrolysis) is 1. The number of hydrogen-bond acceptors (Lipinski definition) is 6. The molecule has 6 nitrogen and oxygen atoms in total. The molecule has 0 bridgehead atoms. The molecular formula is C15H22N2O4S2. The molecule has 0 unspecified atom stereocenters. The monoisotopic (exact) mass is 358 g/mol. The summed E-state index contributed by atoms with van der Waals surface area (Å²) in [6.45, 7) is 0.803. The Hall–Kier alpha value is -1.38. The molecule has 0 saturated heterocycles. The molecule has 0 heterocycles. The van der Waals surface area contributed by atoms with E-state index in [1.165, 1.54) is 4.90 Å². The van der Waals surface area contributed by atoms with Crippen LogP contribution in [0.5, 0.6) is 0 Å². The summed E-state index contributed by atoms with van der Waals surface area (Å²) in [5, 5.41) is 11.3. The summed E-state index contributed by atoms with van der Waals surface area (Å²) in [4.78, 5) is 23.1. The molecule has 1 atom stereocenters. The van der Waals surface area contributed by atoms with Crippen molar-refractivity contribution in [2.24, 2.45) is 5.73 Å². The van der Waals surface area contributed by atoms with E-state index in [1.54, 1.807) is 21.6 Å². The minimum absolute atomic E-state index is 0.347. The van der Waals surface area contributed by atoms with Crippen molar-refractivity contribution in [3.63, 3.8) is 0 Å². The Balaban J connectivity index is 1.93. The fraction of sp³-hybridized carbons (Fsp3) is 0.467. The largest absolute Gasteiger partial charge is 0.480 e. The summed E-state index contributed by atoms with van der Waals surface area (Å²) in [5.74, 6) is -0.288. The van der Waals surface area contributed by atoms with E-state index < -0.39 is 18.1 Å². The highest BCUT2D eigenvalue weighted by molar-refractivity contribution is 8.76. The maximum absolute atomic E-state index is 11.4. The van der Waals surface area contributed by atoms with Crippen molar-refractivity contribution in [1.29, 1.82) is 0 Å². The predicted octanol–water partition coefficient (Wildman–Crippen LogP) is 2.74. The Kier molecular flexibility index (Phi) is 10.3. The molecule has 0 spiro atoms. The fourth-order valence-electron chi connectivity index (χ4n) is 1.61. The average Bonchev–Trinajstić information content (AvgIpc) is 2.54. The zero-order chi connectivity index (χ0) is 16.9. The molecule has 0 aromatic heterocycles. The lowest BCUT2D eigenvalue weighted by molar-refractivity contribution is -0.138. The van der Waals surface area contributed by atoms with Gasteiger partial charge in [-0.3, -0.25) is 4.79 Å². The molecule has 0 fully saturated rings. The van der Waals surface area contributed by atoms with Gasteiger partial charge in [0, 0.05) is 17.2 Å². The van der Waals surface area contributed by atoms with E-state index in [4.69, 9.17) is 15.6 Å². The molecule has 8 heteroatoms. The van der Waals surface area contributed by atoms with Crippen LogP contribution in [0.15, 0.2) is 35.2 Å². The van der Waals surface area contributed by atoms with Gasteiger partial charge in [-0.05, 0) is 31.4 Å². The number of carbonyl (C=O) groups is 2. The standard InChI is InChI=1S/C15H22N2O4S2/c16-13(14(18)19)8-4-5-9-17-15(20)21-10-11-22-23-12-6-2-1-3-7-12/h1-3,6-7,13H,4-5,8-11,16H2,(H,17,20)(H,18,19)/t13-/m0/s1. The molecule has 0 aliphatic rings. The van der Waals surface area contributed by atoms with Crippen LogP contribution in [0.2, 0.25) is 0 Å². The number of hydrogen-bond donors (Lipinski definition) is 3. The summed E-state index contributed by atoms with van der Waals surface area (Å²) < 4.78 is 5.04. The van der Waals surface area contributed by atoms with Crippen molar-refractivity contribution in [3.8, 4) is 0 Å². The maximum Gasteiger partial charge on any atom is 0.407 e. The summed E-state index contributed by atoms with van der Waals surface area (Å²) in [6.07, 6.45) is 1.28. The van der Waals surface area contributed by atoms with Crippen molar-refractivity contribution < 1.29 is 19.4 Å². The Morgan fingerprint density at radius 2 is 2.00 bits per heavy atom. The van der Waals surface area contributed by atoms with E-state index in [0.717, 1.165) is 0 Å². The first-order valence-electron chi connectivity index (χ1n) is 7.33. The average molecular weight is 358 g/mol. The lowest BCUT2D eigenvalue weighted by Gasteiger charge is -2.08. The van der Waals surface area contributed by atoms with Crippen LogP contribution in [-0.4, -0.2) is 42.1 Å². The van der Waals surface area contributed by atoms with Gasteiger partial charge in [0.2, 0.25) is 0 Å². The Labute approximate surface area is 143 Å². The van der Waals surface area contributed by atoms with Crippen LogP contribution in [0.4, 0.5) is 4.79 Å². The van der Waals surface area contributed by atoms with Crippen LogP contribution in [0.3, 0.4) is 0 Å². The predicted molar refractivity (Wildman–Crippen MR) is 93.6 cm³/mol. The van der Waals surface area contributed by atoms with Gasteiger partial charge in [0.1, 0.15) is 12.6 Å². The van der Waals surface area contributed by atoms with Gasteiger partial charge in [0.25, 0.3) is 0 Å². The highest BCUT2D eigenvalue weighted by Gasteiger charge is 2.10. The van der Waals surface area contributed by atoms with Crippen LogP contribution in [0, 0.1) is 0 Å². The topological polar surface area (TPSA) is 102 Å². The first kappa shape index (κ1) is 19.7. The minimum atomic E-state index is -0.997. The van der Waals surface area contributed by atoms with Crippen LogP contribution >= 0.6 is 21.6 Å². The van der Waals surface area contributed by atoms with Gasteiger partial charge in [-0.2, -0.15) is 0 Å².